The van der Waals surface area contributed by atoms with E-state index in [1.165, 1.54) is 16.7 Å². The van der Waals surface area contributed by atoms with E-state index in [-0.39, 0.29) is 24.6 Å². The summed E-state index contributed by atoms with van der Waals surface area (Å²) >= 11 is 1.32. The fourth-order valence-electron chi connectivity index (χ4n) is 1.99. The van der Waals surface area contributed by atoms with Crippen molar-refractivity contribution in [3.05, 3.63) is 24.5 Å². The van der Waals surface area contributed by atoms with Gasteiger partial charge in [-0.2, -0.15) is 0 Å². The second-order valence-electron chi connectivity index (χ2n) is 4.26. The first-order valence-electron chi connectivity index (χ1n) is 5.81. The summed E-state index contributed by atoms with van der Waals surface area (Å²) in [6, 6.07) is 2.65. The highest BCUT2D eigenvalue weighted by molar-refractivity contribution is 8.00. The molecule has 0 saturated carbocycles. The summed E-state index contributed by atoms with van der Waals surface area (Å²) in [6.07, 6.45) is 2.61. The van der Waals surface area contributed by atoms with E-state index in [0.717, 1.165) is 4.90 Å². The lowest BCUT2D eigenvalue weighted by atomic mass is 10.2. The number of aromatic nitrogens is 1. The summed E-state index contributed by atoms with van der Waals surface area (Å²) < 4.78 is 0. The number of nitrogens with zero attached hydrogens (tertiary/aromatic N) is 2. The number of rotatable bonds is 4. The zero-order valence-electron chi connectivity index (χ0n) is 10.1. The SMILES string of the molecule is O=C(O)C1CC(O)CN1C(=O)CSc1ccncc1. The van der Waals surface area contributed by atoms with Crippen LogP contribution in [0.25, 0.3) is 0 Å². The Hall–Kier alpha value is -1.60. The lowest BCUT2D eigenvalue weighted by Gasteiger charge is -2.20. The summed E-state index contributed by atoms with van der Waals surface area (Å²) in [5.74, 6) is -1.19. The maximum Gasteiger partial charge on any atom is 0.326 e. The predicted octanol–water partition coefficient (Wildman–Crippen LogP) is 0.220. The lowest BCUT2D eigenvalue weighted by molar-refractivity contribution is -0.147. The maximum atomic E-state index is 12.0. The van der Waals surface area contributed by atoms with Gasteiger partial charge in [-0.3, -0.25) is 9.78 Å². The van der Waals surface area contributed by atoms with Gasteiger partial charge in [0.1, 0.15) is 6.04 Å². The Balaban J connectivity index is 1.94. The molecule has 6 nitrogen and oxygen atoms in total. The number of carboxylic acids is 1. The minimum Gasteiger partial charge on any atom is -0.480 e. The van der Waals surface area contributed by atoms with E-state index >= 15 is 0 Å². The van der Waals surface area contributed by atoms with Crippen LogP contribution in [0.3, 0.4) is 0 Å². The summed E-state index contributed by atoms with van der Waals surface area (Å²) in [6.45, 7) is 0.0900. The molecule has 1 fully saturated rings. The van der Waals surface area contributed by atoms with E-state index in [9.17, 15) is 14.7 Å². The van der Waals surface area contributed by atoms with Gasteiger partial charge >= 0.3 is 5.97 Å². The van der Waals surface area contributed by atoms with Crippen LogP contribution in [0.2, 0.25) is 0 Å². The third-order valence-corrected chi connectivity index (χ3v) is 3.89. The molecule has 102 valence electrons. The first kappa shape index (κ1) is 13.8. The van der Waals surface area contributed by atoms with E-state index in [1.54, 1.807) is 24.5 Å². The molecule has 1 aromatic heterocycles. The topological polar surface area (TPSA) is 90.7 Å². The van der Waals surface area contributed by atoms with E-state index in [4.69, 9.17) is 5.11 Å². The number of carbonyl (C=O) groups is 2. The van der Waals surface area contributed by atoms with E-state index in [2.05, 4.69) is 4.98 Å². The van der Waals surface area contributed by atoms with Crippen LogP contribution in [0.15, 0.2) is 29.4 Å². The fourth-order valence-corrected chi connectivity index (χ4v) is 2.76. The second kappa shape index (κ2) is 6.03. The van der Waals surface area contributed by atoms with Gasteiger partial charge in [0.05, 0.1) is 11.9 Å². The van der Waals surface area contributed by atoms with Crippen LogP contribution in [0.4, 0.5) is 0 Å². The van der Waals surface area contributed by atoms with Gasteiger partial charge in [0.15, 0.2) is 0 Å². The number of carboxylic acid groups (broad SMARTS) is 1. The number of likely N-dealkylation sites (tertiary alicyclic amines) is 1. The number of aliphatic carboxylic acids is 1. The van der Waals surface area contributed by atoms with Crippen molar-refractivity contribution in [2.45, 2.75) is 23.5 Å². The van der Waals surface area contributed by atoms with Crippen molar-refractivity contribution >= 4 is 23.6 Å². The molecule has 2 unspecified atom stereocenters. The summed E-state index contributed by atoms with van der Waals surface area (Å²) in [7, 11) is 0. The third-order valence-electron chi connectivity index (χ3n) is 2.90. The molecule has 0 spiro atoms. The first-order valence-corrected chi connectivity index (χ1v) is 6.79. The van der Waals surface area contributed by atoms with E-state index in [0.29, 0.717) is 0 Å². The number of hydrogen-bond acceptors (Lipinski definition) is 5. The van der Waals surface area contributed by atoms with E-state index in [1.807, 2.05) is 0 Å². The standard InChI is InChI=1S/C12H14N2O4S/c15-8-5-10(12(17)18)14(6-8)11(16)7-19-9-1-3-13-4-2-9/h1-4,8,10,15H,5-7H2,(H,17,18). The predicted molar refractivity (Wildman–Crippen MR) is 68.7 cm³/mol. The van der Waals surface area contributed by atoms with Crippen LogP contribution < -0.4 is 0 Å². The number of amides is 1. The zero-order chi connectivity index (χ0) is 13.8. The molecule has 0 aliphatic carbocycles. The fraction of sp³-hybridized carbons (Fsp3) is 0.417. The van der Waals surface area contributed by atoms with Gasteiger partial charge in [-0.25, -0.2) is 4.79 Å². The largest absolute Gasteiger partial charge is 0.480 e. The van der Waals surface area contributed by atoms with Crippen LogP contribution in [0, 0.1) is 0 Å². The molecule has 2 heterocycles. The molecule has 0 aromatic carbocycles. The summed E-state index contributed by atoms with van der Waals surface area (Å²) in [4.78, 5) is 29.0. The van der Waals surface area contributed by atoms with Gasteiger partial charge in [-0.15, -0.1) is 11.8 Å². The number of pyridine rings is 1. The highest BCUT2D eigenvalue weighted by Gasteiger charge is 2.38. The van der Waals surface area contributed by atoms with Crippen LogP contribution in [0.5, 0.6) is 0 Å². The zero-order valence-corrected chi connectivity index (χ0v) is 10.9. The van der Waals surface area contributed by atoms with Crippen molar-refractivity contribution in [3.8, 4) is 0 Å². The van der Waals surface area contributed by atoms with Crippen molar-refractivity contribution in [1.82, 2.24) is 9.88 Å². The molecule has 0 bridgehead atoms. The van der Waals surface area contributed by atoms with Gasteiger partial charge in [-0.05, 0) is 12.1 Å². The molecule has 7 heteroatoms. The third kappa shape index (κ3) is 3.45. The van der Waals surface area contributed by atoms with Crippen LogP contribution in [0.1, 0.15) is 6.42 Å². The maximum absolute atomic E-state index is 12.0. The van der Waals surface area contributed by atoms with Crippen LogP contribution in [-0.4, -0.2) is 56.4 Å². The van der Waals surface area contributed by atoms with Crippen molar-refractivity contribution in [1.29, 1.82) is 0 Å². The quantitative estimate of drug-likeness (QED) is 0.768. The van der Waals surface area contributed by atoms with Gasteiger partial charge in [0.25, 0.3) is 0 Å². The molecule has 2 rings (SSSR count). The van der Waals surface area contributed by atoms with Crippen molar-refractivity contribution in [3.63, 3.8) is 0 Å². The molecular weight excluding hydrogens is 268 g/mol. The molecule has 2 N–H and O–H groups in total. The molecule has 0 radical (unpaired) electrons. The van der Waals surface area contributed by atoms with Crippen molar-refractivity contribution in [2.75, 3.05) is 12.3 Å². The molecule has 1 aromatic rings. The highest BCUT2D eigenvalue weighted by atomic mass is 32.2. The van der Waals surface area contributed by atoms with Gasteiger partial charge < -0.3 is 15.1 Å². The van der Waals surface area contributed by atoms with Gasteiger partial charge in [0, 0.05) is 30.3 Å². The highest BCUT2D eigenvalue weighted by Crippen LogP contribution is 2.22. The normalized spacial score (nSPS) is 22.5. The number of aliphatic hydroxyl groups is 1. The molecule has 1 amide bonds. The average molecular weight is 282 g/mol. The Morgan fingerprint density at radius 1 is 1.42 bits per heavy atom. The molecular formula is C12H14N2O4S. The molecule has 2 atom stereocenters. The molecule has 19 heavy (non-hydrogen) atoms. The number of hydrogen-bond donors (Lipinski definition) is 2. The Morgan fingerprint density at radius 3 is 2.74 bits per heavy atom. The lowest BCUT2D eigenvalue weighted by Crippen LogP contribution is -2.41. The first-order chi connectivity index (χ1) is 9.08. The summed E-state index contributed by atoms with van der Waals surface area (Å²) in [5.41, 5.74) is 0. The number of carbonyl (C=O) groups excluding carboxylic acids is 1. The Labute approximate surface area is 114 Å². The number of β-amino-alcohol motifs (C(OH)–C–C–N with tert-alkyl or cyclic N) is 1. The van der Waals surface area contributed by atoms with E-state index < -0.39 is 18.1 Å². The minimum absolute atomic E-state index is 0.0900. The van der Waals surface area contributed by atoms with Crippen LogP contribution >= 0.6 is 11.8 Å². The summed E-state index contributed by atoms with van der Waals surface area (Å²) in [5, 5.41) is 18.5. The average Bonchev–Trinajstić information content (AvgIpc) is 2.79. The second-order valence-corrected chi connectivity index (χ2v) is 5.31. The Bertz CT molecular complexity index is 468. The van der Waals surface area contributed by atoms with Gasteiger partial charge in [0.2, 0.25) is 5.91 Å². The Morgan fingerprint density at radius 2 is 2.11 bits per heavy atom. The monoisotopic (exact) mass is 282 g/mol. The van der Waals surface area contributed by atoms with Crippen molar-refractivity contribution < 1.29 is 19.8 Å². The van der Waals surface area contributed by atoms with Crippen molar-refractivity contribution in [2.24, 2.45) is 0 Å². The smallest absolute Gasteiger partial charge is 0.326 e. The number of aliphatic hydroxyl groups excluding tert-OH is 1. The molecule has 1 aliphatic heterocycles. The van der Waals surface area contributed by atoms with Crippen LogP contribution in [-0.2, 0) is 9.59 Å². The molecule has 1 aliphatic rings. The Kier molecular flexibility index (Phi) is 4.39. The molecule has 1 saturated heterocycles. The number of thioether (sulfide) groups is 1. The minimum atomic E-state index is -1.07. The van der Waals surface area contributed by atoms with Gasteiger partial charge in [-0.1, -0.05) is 0 Å².